The van der Waals surface area contributed by atoms with Gasteiger partial charge in [0.2, 0.25) is 0 Å². The fourth-order valence-electron chi connectivity index (χ4n) is 2.06. The molecule has 0 bridgehead atoms. The Morgan fingerprint density at radius 2 is 2.26 bits per heavy atom. The quantitative estimate of drug-likeness (QED) is 0.632. The van der Waals surface area contributed by atoms with E-state index >= 15 is 0 Å². The molecule has 1 heterocycles. The van der Waals surface area contributed by atoms with Crippen molar-refractivity contribution in [2.75, 3.05) is 13.4 Å². The molecule has 0 fully saturated rings. The number of hydrogen-bond donors (Lipinski definition) is 2. The number of ether oxygens (including phenoxy) is 1. The van der Waals surface area contributed by atoms with Crippen LogP contribution in [0.1, 0.15) is 11.1 Å². The molecule has 2 N–H and O–H groups in total. The molecule has 0 radical (unpaired) electrons. The minimum atomic E-state index is -0.962. The molecule has 2 aromatic rings. The van der Waals surface area contributed by atoms with Gasteiger partial charge in [-0.05, 0) is 24.0 Å². The van der Waals surface area contributed by atoms with Crippen LogP contribution in [-0.2, 0) is 11.2 Å². The maximum atomic E-state index is 12.0. The van der Waals surface area contributed by atoms with Crippen LogP contribution in [0, 0.1) is 11.3 Å². The monoisotopic (exact) mass is 331 g/mol. The van der Waals surface area contributed by atoms with E-state index in [0.717, 1.165) is 0 Å². The van der Waals surface area contributed by atoms with Gasteiger partial charge in [-0.2, -0.15) is 5.26 Å². The van der Waals surface area contributed by atoms with E-state index in [9.17, 15) is 14.9 Å². The maximum Gasteiger partial charge on any atom is 0.307 e. The fraction of sp³-hybridized carbons (Fsp3) is 0.200. The Morgan fingerprint density at radius 1 is 1.52 bits per heavy atom. The van der Waals surface area contributed by atoms with Crippen LogP contribution >= 0.6 is 11.8 Å². The number of carbonyl (C=O) groups is 1. The number of methoxy groups -OCH3 is 1. The van der Waals surface area contributed by atoms with Crippen molar-refractivity contribution in [2.45, 2.75) is 11.6 Å². The van der Waals surface area contributed by atoms with E-state index in [1.807, 2.05) is 6.07 Å². The van der Waals surface area contributed by atoms with Crippen molar-refractivity contribution in [1.29, 1.82) is 5.26 Å². The highest BCUT2D eigenvalue weighted by molar-refractivity contribution is 7.98. The predicted molar refractivity (Wildman–Crippen MR) is 84.7 cm³/mol. The second-order valence-electron chi connectivity index (χ2n) is 4.52. The minimum absolute atomic E-state index is 0.118. The predicted octanol–water partition coefficient (Wildman–Crippen LogP) is 1.67. The highest BCUT2D eigenvalue weighted by atomic mass is 32.2. The number of nitrogens with zero attached hydrogens (tertiary/aromatic N) is 2. The van der Waals surface area contributed by atoms with Crippen molar-refractivity contribution in [3.63, 3.8) is 0 Å². The molecule has 118 valence electrons. The van der Waals surface area contributed by atoms with Gasteiger partial charge in [-0.1, -0.05) is 17.8 Å². The van der Waals surface area contributed by atoms with E-state index in [1.165, 1.54) is 18.9 Å². The summed E-state index contributed by atoms with van der Waals surface area (Å²) in [6, 6.07) is 6.62. The van der Waals surface area contributed by atoms with Gasteiger partial charge in [-0.25, -0.2) is 4.98 Å². The lowest BCUT2D eigenvalue weighted by atomic mass is 10.0. The zero-order valence-electron chi connectivity index (χ0n) is 12.4. The topological polar surface area (TPSA) is 116 Å². The van der Waals surface area contributed by atoms with Crippen molar-refractivity contribution in [3.05, 3.63) is 39.7 Å². The van der Waals surface area contributed by atoms with Crippen LogP contribution < -0.4 is 10.3 Å². The molecule has 1 aromatic carbocycles. The van der Waals surface area contributed by atoms with Crippen LogP contribution in [0.15, 0.2) is 28.2 Å². The molecule has 0 atom stereocenters. The molecular formula is C15H13N3O4S. The highest BCUT2D eigenvalue weighted by Gasteiger charge is 2.17. The largest absolute Gasteiger partial charge is 0.496 e. The van der Waals surface area contributed by atoms with Gasteiger partial charge in [0.25, 0.3) is 5.56 Å². The Balaban J connectivity index is 2.66. The van der Waals surface area contributed by atoms with Crippen molar-refractivity contribution >= 4 is 17.7 Å². The van der Waals surface area contributed by atoms with Crippen molar-refractivity contribution < 1.29 is 14.6 Å². The van der Waals surface area contributed by atoms with Crippen LogP contribution in [0.2, 0.25) is 0 Å². The van der Waals surface area contributed by atoms with Crippen LogP contribution in [0.25, 0.3) is 11.3 Å². The molecule has 7 nitrogen and oxygen atoms in total. The summed E-state index contributed by atoms with van der Waals surface area (Å²) in [6.45, 7) is 0. The number of carboxylic acids is 1. The number of thioether (sulfide) groups is 1. The van der Waals surface area contributed by atoms with Gasteiger partial charge in [0.1, 0.15) is 23.1 Å². The van der Waals surface area contributed by atoms with E-state index < -0.39 is 11.5 Å². The molecule has 0 amide bonds. The van der Waals surface area contributed by atoms with Gasteiger partial charge in [0, 0.05) is 5.56 Å². The van der Waals surface area contributed by atoms with E-state index in [2.05, 4.69) is 9.97 Å². The smallest absolute Gasteiger partial charge is 0.307 e. The number of benzene rings is 1. The number of nitriles is 1. The number of nitrogens with one attached hydrogen (secondary N) is 1. The van der Waals surface area contributed by atoms with Gasteiger partial charge in [-0.15, -0.1) is 0 Å². The normalized spacial score (nSPS) is 10.1. The number of hydrogen-bond acceptors (Lipinski definition) is 6. The van der Waals surface area contributed by atoms with Crippen molar-refractivity contribution in [3.8, 4) is 23.1 Å². The third-order valence-corrected chi connectivity index (χ3v) is 3.66. The lowest BCUT2D eigenvalue weighted by Gasteiger charge is -2.11. The molecule has 0 saturated heterocycles. The Bertz CT molecular complexity index is 855. The summed E-state index contributed by atoms with van der Waals surface area (Å²) in [6.07, 6.45) is 1.60. The molecule has 8 heteroatoms. The molecule has 2 rings (SSSR count). The Morgan fingerprint density at radius 3 is 2.83 bits per heavy atom. The first-order chi connectivity index (χ1) is 11.0. The maximum absolute atomic E-state index is 12.0. The summed E-state index contributed by atoms with van der Waals surface area (Å²) in [5.74, 6) is -0.609. The van der Waals surface area contributed by atoms with E-state index in [1.54, 1.807) is 24.5 Å². The molecule has 0 aliphatic carbocycles. The van der Waals surface area contributed by atoms with Crippen LogP contribution in [0.5, 0.6) is 5.75 Å². The average molecular weight is 331 g/mol. The zero-order chi connectivity index (χ0) is 17.0. The Hall–Kier alpha value is -2.79. The summed E-state index contributed by atoms with van der Waals surface area (Å²) < 4.78 is 5.27. The van der Waals surface area contributed by atoms with Crippen LogP contribution in [0.3, 0.4) is 0 Å². The molecule has 0 spiro atoms. The number of aromatic amines is 1. The Labute approximate surface area is 135 Å². The second kappa shape index (κ2) is 6.98. The molecule has 0 aliphatic heterocycles. The SMILES string of the molecule is COc1cc(CC(=O)O)ccc1-c1nc(SC)[nH]c(=O)c1C#N. The van der Waals surface area contributed by atoms with Gasteiger partial charge >= 0.3 is 5.97 Å². The Kier molecular flexibility index (Phi) is 5.03. The lowest BCUT2D eigenvalue weighted by molar-refractivity contribution is -0.136. The molecule has 0 unspecified atom stereocenters. The standard InChI is InChI=1S/C15H13N3O4S/c1-22-11-5-8(6-12(19)20)3-4-9(11)13-10(7-16)14(21)18-15(17-13)23-2/h3-5H,6H2,1-2H3,(H,19,20)(H,17,18,21). The first-order valence-corrected chi connectivity index (χ1v) is 7.70. The first-order valence-electron chi connectivity index (χ1n) is 6.47. The first kappa shape index (κ1) is 16.6. The number of rotatable bonds is 5. The van der Waals surface area contributed by atoms with E-state index in [-0.39, 0.29) is 17.7 Å². The van der Waals surface area contributed by atoms with E-state index in [4.69, 9.17) is 9.84 Å². The molecule has 23 heavy (non-hydrogen) atoms. The van der Waals surface area contributed by atoms with E-state index in [0.29, 0.717) is 22.0 Å². The summed E-state index contributed by atoms with van der Waals surface area (Å²) in [4.78, 5) is 29.6. The summed E-state index contributed by atoms with van der Waals surface area (Å²) in [5, 5.41) is 18.5. The van der Waals surface area contributed by atoms with Gasteiger partial charge in [0.05, 0.1) is 13.5 Å². The van der Waals surface area contributed by atoms with Gasteiger partial charge in [-0.3, -0.25) is 9.59 Å². The van der Waals surface area contributed by atoms with Gasteiger partial charge in [0.15, 0.2) is 5.16 Å². The van der Waals surface area contributed by atoms with Crippen LogP contribution in [-0.4, -0.2) is 34.4 Å². The fourth-order valence-corrected chi connectivity index (χ4v) is 2.44. The van der Waals surface area contributed by atoms with Crippen molar-refractivity contribution in [2.24, 2.45) is 0 Å². The molecule has 0 aliphatic rings. The van der Waals surface area contributed by atoms with Crippen LogP contribution in [0.4, 0.5) is 0 Å². The number of carboxylic acid groups (broad SMARTS) is 1. The third-order valence-electron chi connectivity index (χ3n) is 3.08. The minimum Gasteiger partial charge on any atom is -0.496 e. The third kappa shape index (κ3) is 3.52. The number of aromatic nitrogens is 2. The lowest BCUT2D eigenvalue weighted by Crippen LogP contribution is -2.15. The summed E-state index contributed by atoms with van der Waals surface area (Å²) in [7, 11) is 1.43. The highest BCUT2D eigenvalue weighted by Crippen LogP contribution is 2.31. The molecular weight excluding hydrogens is 318 g/mol. The molecule has 0 saturated carbocycles. The van der Waals surface area contributed by atoms with Gasteiger partial charge < -0.3 is 14.8 Å². The second-order valence-corrected chi connectivity index (χ2v) is 5.31. The zero-order valence-corrected chi connectivity index (χ0v) is 13.2. The summed E-state index contributed by atoms with van der Waals surface area (Å²) >= 11 is 1.24. The number of aliphatic carboxylic acids is 1. The van der Waals surface area contributed by atoms with Crippen molar-refractivity contribution in [1.82, 2.24) is 9.97 Å². The molecule has 1 aromatic heterocycles. The number of H-pyrrole nitrogens is 1. The summed E-state index contributed by atoms with van der Waals surface area (Å²) in [5.41, 5.74) is 0.566. The average Bonchev–Trinajstić information content (AvgIpc) is 2.53.